The molecule has 0 heterocycles. The molecule has 2 aromatic rings. The molecule has 98 valence electrons. The van der Waals surface area contributed by atoms with Crippen molar-refractivity contribution in [1.82, 2.24) is 5.32 Å². The van der Waals surface area contributed by atoms with Crippen LogP contribution in [0.25, 0.3) is 5.57 Å². The minimum atomic E-state index is 0.843. The van der Waals surface area contributed by atoms with E-state index < -0.39 is 0 Å². The second kappa shape index (κ2) is 6.91. The summed E-state index contributed by atoms with van der Waals surface area (Å²) in [5, 5.41) is 3.46. The topological polar surface area (TPSA) is 12.0 Å². The first-order chi connectivity index (χ1) is 9.27. The Morgan fingerprint density at radius 2 is 1.68 bits per heavy atom. The van der Waals surface area contributed by atoms with E-state index in [-0.39, 0.29) is 0 Å². The maximum atomic E-state index is 4.12. The molecule has 1 N–H and O–H groups in total. The van der Waals surface area contributed by atoms with Gasteiger partial charge in [-0.05, 0) is 42.2 Å². The van der Waals surface area contributed by atoms with E-state index in [0.717, 1.165) is 25.1 Å². The molecule has 0 saturated heterocycles. The van der Waals surface area contributed by atoms with Gasteiger partial charge in [-0.15, -0.1) is 0 Å². The summed E-state index contributed by atoms with van der Waals surface area (Å²) in [4.78, 5) is 0. The van der Waals surface area contributed by atoms with Gasteiger partial charge in [0.2, 0.25) is 0 Å². The van der Waals surface area contributed by atoms with E-state index in [2.05, 4.69) is 55.2 Å². The molecule has 0 spiro atoms. The van der Waals surface area contributed by atoms with Crippen LogP contribution in [0.1, 0.15) is 16.7 Å². The smallest absolute Gasteiger partial charge is 0.0205 e. The number of hydrogen-bond donors (Lipinski definition) is 1. The van der Waals surface area contributed by atoms with Crippen LogP contribution in [-0.4, -0.2) is 13.1 Å². The fourth-order valence-electron chi connectivity index (χ4n) is 2.13. The summed E-state index contributed by atoms with van der Waals surface area (Å²) in [5.74, 6) is 0. The molecule has 2 rings (SSSR count). The van der Waals surface area contributed by atoms with Gasteiger partial charge < -0.3 is 5.32 Å². The van der Waals surface area contributed by atoms with Crippen LogP contribution >= 0.6 is 0 Å². The molecule has 2 aromatic carbocycles. The SMILES string of the molecule is C=C(CNCCc1ccccc1C)c1ccccc1. The highest BCUT2D eigenvalue weighted by Gasteiger charge is 1.99. The molecule has 0 fully saturated rings. The highest BCUT2D eigenvalue weighted by Crippen LogP contribution is 2.10. The standard InChI is InChI=1S/C18H21N/c1-15-8-6-7-11-18(15)12-13-19-14-16(2)17-9-4-3-5-10-17/h3-11,19H,2,12-14H2,1H3. The van der Waals surface area contributed by atoms with E-state index in [1.807, 2.05) is 18.2 Å². The largest absolute Gasteiger partial charge is 0.312 e. The minimum absolute atomic E-state index is 0.843. The van der Waals surface area contributed by atoms with Crippen LogP contribution in [0.3, 0.4) is 0 Å². The Balaban J connectivity index is 1.76. The van der Waals surface area contributed by atoms with Crippen molar-refractivity contribution in [1.29, 1.82) is 0 Å². The van der Waals surface area contributed by atoms with Crippen LogP contribution in [0.4, 0.5) is 0 Å². The fraction of sp³-hybridized carbons (Fsp3) is 0.222. The third-order valence-corrected chi connectivity index (χ3v) is 3.35. The van der Waals surface area contributed by atoms with Crippen molar-refractivity contribution in [3.8, 4) is 0 Å². The van der Waals surface area contributed by atoms with Gasteiger partial charge in [-0.3, -0.25) is 0 Å². The Morgan fingerprint density at radius 3 is 2.42 bits per heavy atom. The van der Waals surface area contributed by atoms with Gasteiger partial charge in [0.05, 0.1) is 0 Å². The van der Waals surface area contributed by atoms with Gasteiger partial charge in [-0.2, -0.15) is 0 Å². The summed E-state index contributed by atoms with van der Waals surface area (Å²) in [6.07, 6.45) is 1.06. The molecule has 0 aromatic heterocycles. The highest BCUT2D eigenvalue weighted by molar-refractivity contribution is 5.64. The Hall–Kier alpha value is -1.86. The zero-order chi connectivity index (χ0) is 13.5. The maximum Gasteiger partial charge on any atom is 0.0205 e. The molecule has 0 aliphatic rings. The molecule has 0 aliphatic heterocycles. The monoisotopic (exact) mass is 251 g/mol. The lowest BCUT2D eigenvalue weighted by Crippen LogP contribution is -2.19. The van der Waals surface area contributed by atoms with Gasteiger partial charge in [-0.1, -0.05) is 61.2 Å². The van der Waals surface area contributed by atoms with Crippen LogP contribution in [0.5, 0.6) is 0 Å². The first-order valence-corrected chi connectivity index (χ1v) is 6.76. The average molecular weight is 251 g/mol. The van der Waals surface area contributed by atoms with Gasteiger partial charge >= 0.3 is 0 Å². The van der Waals surface area contributed by atoms with Crippen LogP contribution in [0.2, 0.25) is 0 Å². The summed E-state index contributed by atoms with van der Waals surface area (Å²) in [5.41, 5.74) is 5.14. The predicted octanol–water partition coefficient (Wildman–Crippen LogP) is 3.84. The summed E-state index contributed by atoms with van der Waals surface area (Å²) in [6.45, 7) is 8.12. The predicted molar refractivity (Wildman–Crippen MR) is 83.2 cm³/mol. The minimum Gasteiger partial charge on any atom is -0.312 e. The average Bonchev–Trinajstić information content (AvgIpc) is 2.46. The Labute approximate surface area is 116 Å². The van der Waals surface area contributed by atoms with E-state index in [9.17, 15) is 0 Å². The normalized spacial score (nSPS) is 10.4. The van der Waals surface area contributed by atoms with E-state index in [1.54, 1.807) is 0 Å². The molecule has 1 heteroatoms. The zero-order valence-corrected chi connectivity index (χ0v) is 11.5. The fourth-order valence-corrected chi connectivity index (χ4v) is 2.13. The molecule has 19 heavy (non-hydrogen) atoms. The molecule has 0 radical (unpaired) electrons. The molecule has 0 saturated carbocycles. The molecule has 0 amide bonds. The Bertz CT molecular complexity index is 528. The number of benzene rings is 2. The second-order valence-electron chi connectivity index (χ2n) is 4.82. The second-order valence-corrected chi connectivity index (χ2v) is 4.82. The molecular weight excluding hydrogens is 230 g/mol. The molecule has 1 nitrogen and oxygen atoms in total. The first kappa shape index (κ1) is 13.6. The van der Waals surface area contributed by atoms with Crippen molar-refractivity contribution < 1.29 is 0 Å². The molecule has 0 bridgehead atoms. The van der Waals surface area contributed by atoms with Gasteiger partial charge in [0.25, 0.3) is 0 Å². The van der Waals surface area contributed by atoms with Gasteiger partial charge in [0.15, 0.2) is 0 Å². The van der Waals surface area contributed by atoms with E-state index in [0.29, 0.717) is 0 Å². The number of aryl methyl sites for hydroxylation is 1. The lowest BCUT2D eigenvalue weighted by Gasteiger charge is -2.09. The van der Waals surface area contributed by atoms with Crippen LogP contribution in [-0.2, 0) is 6.42 Å². The lowest BCUT2D eigenvalue weighted by atomic mass is 10.1. The number of hydrogen-bond acceptors (Lipinski definition) is 1. The quantitative estimate of drug-likeness (QED) is 0.769. The van der Waals surface area contributed by atoms with Crippen molar-refractivity contribution in [3.05, 3.63) is 77.9 Å². The summed E-state index contributed by atoms with van der Waals surface area (Å²) < 4.78 is 0. The van der Waals surface area contributed by atoms with Gasteiger partial charge in [0, 0.05) is 6.54 Å². The Kier molecular flexibility index (Phi) is 4.93. The van der Waals surface area contributed by atoms with Crippen LogP contribution in [0.15, 0.2) is 61.2 Å². The summed E-state index contributed by atoms with van der Waals surface area (Å²) in [6, 6.07) is 18.9. The van der Waals surface area contributed by atoms with Gasteiger partial charge in [-0.25, -0.2) is 0 Å². The number of rotatable bonds is 6. The van der Waals surface area contributed by atoms with E-state index in [1.165, 1.54) is 16.7 Å². The maximum absolute atomic E-state index is 4.12. The van der Waals surface area contributed by atoms with Crippen molar-refractivity contribution in [2.24, 2.45) is 0 Å². The summed E-state index contributed by atoms with van der Waals surface area (Å²) >= 11 is 0. The van der Waals surface area contributed by atoms with Crippen molar-refractivity contribution in [3.63, 3.8) is 0 Å². The van der Waals surface area contributed by atoms with Gasteiger partial charge in [0.1, 0.15) is 0 Å². The lowest BCUT2D eigenvalue weighted by molar-refractivity contribution is 0.749. The van der Waals surface area contributed by atoms with E-state index in [4.69, 9.17) is 0 Å². The number of nitrogens with one attached hydrogen (secondary N) is 1. The van der Waals surface area contributed by atoms with Crippen LogP contribution in [0, 0.1) is 6.92 Å². The van der Waals surface area contributed by atoms with E-state index >= 15 is 0 Å². The third-order valence-electron chi connectivity index (χ3n) is 3.35. The van der Waals surface area contributed by atoms with Crippen LogP contribution < -0.4 is 5.32 Å². The first-order valence-electron chi connectivity index (χ1n) is 6.76. The van der Waals surface area contributed by atoms with Crippen molar-refractivity contribution >= 4 is 5.57 Å². The molecule has 0 unspecified atom stereocenters. The van der Waals surface area contributed by atoms with Crippen molar-refractivity contribution in [2.45, 2.75) is 13.3 Å². The Morgan fingerprint density at radius 1 is 1.00 bits per heavy atom. The highest BCUT2D eigenvalue weighted by atomic mass is 14.8. The zero-order valence-electron chi connectivity index (χ0n) is 11.5. The van der Waals surface area contributed by atoms with Crippen molar-refractivity contribution in [2.75, 3.05) is 13.1 Å². The third kappa shape index (κ3) is 4.08. The molecule has 0 aliphatic carbocycles. The molecular formula is C18H21N. The summed E-state index contributed by atoms with van der Waals surface area (Å²) in [7, 11) is 0. The molecule has 0 atom stereocenters.